The molecule has 0 N–H and O–H groups in total. The van der Waals surface area contributed by atoms with Gasteiger partial charge in [0.25, 0.3) is 0 Å². The van der Waals surface area contributed by atoms with E-state index in [0.717, 1.165) is 36.3 Å². The summed E-state index contributed by atoms with van der Waals surface area (Å²) >= 11 is 0. The van der Waals surface area contributed by atoms with Gasteiger partial charge >= 0.3 is 0 Å². The fourth-order valence-corrected chi connectivity index (χ4v) is 7.27. The smallest absolute Gasteiger partial charge is 0.203 e. The van der Waals surface area contributed by atoms with Gasteiger partial charge in [-0.1, -0.05) is 11.6 Å². The Morgan fingerprint density at radius 2 is 1.56 bits per heavy atom. The van der Waals surface area contributed by atoms with E-state index in [4.69, 9.17) is 24.2 Å². The summed E-state index contributed by atoms with van der Waals surface area (Å²) < 4.78 is 16.8. The van der Waals surface area contributed by atoms with E-state index in [1.54, 1.807) is 21.3 Å². The standard InChI is InChI=1S/C28H44N2O4/c1-17(2)30(18(3)4)11-12-34-29-27-23(22-16-24(27)21-10-8-9-20(21)22)13-19-14-25(31-5)28(33-7)26(15-19)32-6/h14-15,17-18,20-24H,8-13,16H2,1-7H3/b29-27+/t20-,21+,22-,23-,24+/m1/s1. The van der Waals surface area contributed by atoms with E-state index in [1.165, 1.54) is 37.0 Å². The van der Waals surface area contributed by atoms with E-state index in [2.05, 4.69) is 44.7 Å². The molecule has 3 aliphatic carbocycles. The first-order valence-electron chi connectivity index (χ1n) is 13.1. The van der Waals surface area contributed by atoms with Crippen molar-refractivity contribution in [3.63, 3.8) is 0 Å². The van der Waals surface area contributed by atoms with Crippen LogP contribution < -0.4 is 14.2 Å². The molecule has 0 aliphatic heterocycles. The average Bonchev–Trinajstić information content (AvgIpc) is 3.51. The zero-order valence-electron chi connectivity index (χ0n) is 22.2. The molecular formula is C28H44N2O4. The van der Waals surface area contributed by atoms with Crippen molar-refractivity contribution in [1.29, 1.82) is 0 Å². The molecule has 5 atom stereocenters. The van der Waals surface area contributed by atoms with E-state index < -0.39 is 0 Å². The maximum Gasteiger partial charge on any atom is 0.203 e. The summed E-state index contributed by atoms with van der Waals surface area (Å²) in [6, 6.07) is 5.21. The lowest BCUT2D eigenvalue weighted by Crippen LogP contribution is -2.39. The van der Waals surface area contributed by atoms with Crippen LogP contribution in [-0.4, -0.2) is 57.2 Å². The number of rotatable bonds is 11. The molecule has 6 heteroatoms. The Morgan fingerprint density at radius 3 is 2.15 bits per heavy atom. The largest absolute Gasteiger partial charge is 0.493 e. The van der Waals surface area contributed by atoms with Gasteiger partial charge in [0.15, 0.2) is 11.5 Å². The molecular weight excluding hydrogens is 428 g/mol. The average molecular weight is 473 g/mol. The molecule has 34 heavy (non-hydrogen) atoms. The van der Waals surface area contributed by atoms with Gasteiger partial charge in [-0.15, -0.1) is 0 Å². The minimum atomic E-state index is 0.429. The third-order valence-electron chi connectivity index (χ3n) is 8.61. The number of benzene rings is 1. The molecule has 0 heterocycles. The van der Waals surface area contributed by atoms with Crippen LogP contribution in [0.2, 0.25) is 0 Å². The van der Waals surface area contributed by atoms with Crippen LogP contribution in [0, 0.1) is 29.6 Å². The third-order valence-corrected chi connectivity index (χ3v) is 8.61. The molecule has 1 aromatic carbocycles. The molecule has 4 rings (SSSR count). The van der Waals surface area contributed by atoms with Crippen LogP contribution in [0.1, 0.15) is 58.9 Å². The SMILES string of the molecule is COc1cc(C[C@H]2/C(=N\OCCN(C(C)C)C(C)C)[C@H]3C[C@@H]2[C@@H]2CCC[C@@H]23)cc(OC)c1OC. The molecule has 0 unspecified atom stereocenters. The van der Waals surface area contributed by atoms with Crippen molar-refractivity contribution in [3.05, 3.63) is 17.7 Å². The zero-order valence-corrected chi connectivity index (χ0v) is 22.2. The maximum atomic E-state index is 6.02. The minimum Gasteiger partial charge on any atom is -0.493 e. The first-order chi connectivity index (χ1) is 16.4. The number of methoxy groups -OCH3 is 3. The minimum absolute atomic E-state index is 0.429. The zero-order chi connectivity index (χ0) is 24.4. The Hall–Kier alpha value is -1.95. The van der Waals surface area contributed by atoms with Crippen LogP contribution >= 0.6 is 0 Å². The predicted octanol–water partition coefficient (Wildman–Crippen LogP) is 5.43. The Morgan fingerprint density at radius 1 is 0.912 bits per heavy atom. The van der Waals surface area contributed by atoms with Crippen molar-refractivity contribution in [2.24, 2.45) is 34.7 Å². The maximum absolute atomic E-state index is 6.02. The molecule has 2 bridgehead atoms. The molecule has 0 saturated heterocycles. The molecule has 0 spiro atoms. The summed E-state index contributed by atoms with van der Waals surface area (Å²) in [4.78, 5) is 8.48. The van der Waals surface area contributed by atoms with Crippen molar-refractivity contribution in [3.8, 4) is 17.2 Å². The number of hydrogen-bond donors (Lipinski definition) is 0. The first-order valence-corrected chi connectivity index (χ1v) is 13.1. The fourth-order valence-electron chi connectivity index (χ4n) is 7.27. The van der Waals surface area contributed by atoms with E-state index >= 15 is 0 Å². The normalized spacial score (nSPS) is 28.9. The van der Waals surface area contributed by atoms with Crippen molar-refractivity contribution < 1.29 is 19.0 Å². The highest BCUT2D eigenvalue weighted by Gasteiger charge is 2.57. The van der Waals surface area contributed by atoms with Crippen LogP contribution in [0.3, 0.4) is 0 Å². The molecule has 3 aliphatic rings. The van der Waals surface area contributed by atoms with Gasteiger partial charge in [-0.25, -0.2) is 0 Å². The number of hydrogen-bond acceptors (Lipinski definition) is 6. The summed E-state index contributed by atoms with van der Waals surface area (Å²) in [5.74, 6) is 5.48. The van der Waals surface area contributed by atoms with Gasteiger partial charge in [0.2, 0.25) is 5.75 Å². The van der Waals surface area contributed by atoms with E-state index in [9.17, 15) is 0 Å². The predicted molar refractivity (Wildman–Crippen MR) is 136 cm³/mol. The lowest BCUT2D eigenvalue weighted by Gasteiger charge is -2.33. The molecule has 0 aromatic heterocycles. The second kappa shape index (κ2) is 10.8. The number of fused-ring (bicyclic) bond motifs is 5. The Bertz CT molecular complexity index is 835. The van der Waals surface area contributed by atoms with Crippen LogP contribution in [-0.2, 0) is 11.3 Å². The van der Waals surface area contributed by atoms with Crippen LogP contribution in [0.4, 0.5) is 0 Å². The molecule has 190 valence electrons. The van der Waals surface area contributed by atoms with Gasteiger partial charge < -0.3 is 19.0 Å². The van der Waals surface area contributed by atoms with Crippen molar-refractivity contribution in [2.45, 2.75) is 71.9 Å². The van der Waals surface area contributed by atoms with E-state index in [-0.39, 0.29) is 0 Å². The van der Waals surface area contributed by atoms with Gasteiger partial charge in [-0.2, -0.15) is 0 Å². The summed E-state index contributed by atoms with van der Waals surface area (Å²) in [5, 5.41) is 4.86. The van der Waals surface area contributed by atoms with E-state index in [1.807, 2.05) is 0 Å². The monoisotopic (exact) mass is 472 g/mol. The summed E-state index contributed by atoms with van der Waals surface area (Å²) in [5.41, 5.74) is 2.52. The lowest BCUT2D eigenvalue weighted by molar-refractivity contribution is 0.0802. The second-order valence-electron chi connectivity index (χ2n) is 10.9. The quantitative estimate of drug-likeness (QED) is 0.318. The lowest BCUT2D eigenvalue weighted by atomic mass is 9.72. The topological polar surface area (TPSA) is 52.5 Å². The van der Waals surface area contributed by atoms with E-state index in [0.29, 0.717) is 42.2 Å². The summed E-state index contributed by atoms with van der Waals surface area (Å²) in [6.07, 6.45) is 6.31. The van der Waals surface area contributed by atoms with Crippen LogP contribution in [0.15, 0.2) is 17.3 Å². The Balaban J connectivity index is 1.53. The molecule has 0 radical (unpaired) electrons. The van der Waals surface area contributed by atoms with Gasteiger partial charge in [-0.05, 0) is 88.8 Å². The Labute approximate surface area is 206 Å². The molecule has 3 saturated carbocycles. The summed E-state index contributed by atoms with van der Waals surface area (Å²) in [6.45, 7) is 10.5. The highest BCUT2D eigenvalue weighted by atomic mass is 16.6. The Kier molecular flexibility index (Phi) is 7.96. The van der Waals surface area contributed by atoms with Gasteiger partial charge in [0.1, 0.15) is 6.61 Å². The highest BCUT2D eigenvalue weighted by molar-refractivity contribution is 5.92. The van der Waals surface area contributed by atoms with Gasteiger partial charge in [-0.3, -0.25) is 4.90 Å². The van der Waals surface area contributed by atoms with Crippen molar-refractivity contribution >= 4 is 5.71 Å². The highest BCUT2D eigenvalue weighted by Crippen LogP contribution is 2.60. The first kappa shape index (κ1) is 25.2. The van der Waals surface area contributed by atoms with Gasteiger partial charge in [0.05, 0.1) is 27.0 Å². The van der Waals surface area contributed by atoms with Crippen molar-refractivity contribution in [2.75, 3.05) is 34.5 Å². The number of oxime groups is 1. The van der Waals surface area contributed by atoms with Crippen LogP contribution in [0.5, 0.6) is 17.2 Å². The second-order valence-corrected chi connectivity index (χ2v) is 10.9. The number of ether oxygens (including phenoxy) is 3. The molecule has 1 aromatic rings. The third kappa shape index (κ3) is 4.75. The number of nitrogens with zero attached hydrogens (tertiary/aromatic N) is 2. The van der Waals surface area contributed by atoms with Gasteiger partial charge in [0, 0.05) is 30.5 Å². The van der Waals surface area contributed by atoms with Crippen LogP contribution in [0.25, 0.3) is 0 Å². The van der Waals surface area contributed by atoms with Crippen molar-refractivity contribution in [1.82, 2.24) is 4.90 Å². The fraction of sp³-hybridized carbons (Fsp3) is 0.750. The molecule has 6 nitrogen and oxygen atoms in total. The molecule has 0 amide bonds. The molecule has 3 fully saturated rings. The summed E-state index contributed by atoms with van der Waals surface area (Å²) in [7, 11) is 5.01.